The molecule has 3 rings (SSSR count). The Morgan fingerprint density at radius 2 is 2.20 bits per heavy atom. The van der Waals surface area contributed by atoms with Gasteiger partial charge in [0.25, 0.3) is 0 Å². The highest BCUT2D eigenvalue weighted by molar-refractivity contribution is 7.15. The average molecular weight is 435 g/mol. The fourth-order valence-electron chi connectivity index (χ4n) is 2.30. The SMILES string of the molecule is CC(C=N/C=C(\C=N)Nc1cnccn1)Cc1ccc(-c2noc(C(F)(F)F)n2)s1. The number of nitrogens with one attached hydrogen (secondary N) is 2. The predicted octanol–water partition coefficient (Wildman–Crippen LogP) is 4.46. The molecule has 0 amide bonds. The lowest BCUT2D eigenvalue weighted by Crippen LogP contribution is -2.04. The summed E-state index contributed by atoms with van der Waals surface area (Å²) < 4.78 is 42.0. The second kappa shape index (κ2) is 9.39. The number of halogens is 3. The van der Waals surface area contributed by atoms with E-state index >= 15 is 0 Å². The Kier molecular flexibility index (Phi) is 6.67. The third-order valence-electron chi connectivity index (χ3n) is 3.62. The van der Waals surface area contributed by atoms with Crippen molar-refractivity contribution in [3.05, 3.63) is 53.4 Å². The maximum absolute atomic E-state index is 12.6. The van der Waals surface area contributed by atoms with Gasteiger partial charge in [-0.3, -0.25) is 9.98 Å². The van der Waals surface area contributed by atoms with E-state index in [4.69, 9.17) is 5.41 Å². The van der Waals surface area contributed by atoms with Crippen molar-refractivity contribution in [2.24, 2.45) is 10.9 Å². The van der Waals surface area contributed by atoms with Crippen molar-refractivity contribution in [1.29, 1.82) is 5.41 Å². The van der Waals surface area contributed by atoms with Gasteiger partial charge >= 0.3 is 12.1 Å². The second-order valence-corrected chi connectivity index (χ2v) is 7.28. The van der Waals surface area contributed by atoms with E-state index < -0.39 is 12.1 Å². The van der Waals surface area contributed by atoms with E-state index in [1.54, 1.807) is 18.5 Å². The van der Waals surface area contributed by atoms with Crippen LogP contribution in [0.4, 0.5) is 19.0 Å². The van der Waals surface area contributed by atoms with Crippen LogP contribution in [0.15, 0.2) is 52.1 Å². The van der Waals surface area contributed by atoms with Crippen LogP contribution < -0.4 is 5.32 Å². The van der Waals surface area contributed by atoms with Crippen LogP contribution in [0.2, 0.25) is 0 Å². The molecule has 8 nitrogen and oxygen atoms in total. The van der Waals surface area contributed by atoms with E-state index in [1.165, 1.54) is 29.9 Å². The lowest BCUT2D eigenvalue weighted by Gasteiger charge is -2.04. The average Bonchev–Trinajstić information content (AvgIpc) is 3.37. The zero-order valence-electron chi connectivity index (χ0n) is 15.6. The predicted molar refractivity (Wildman–Crippen MR) is 106 cm³/mol. The smallest absolute Gasteiger partial charge is 0.336 e. The Bertz CT molecular complexity index is 1040. The summed E-state index contributed by atoms with van der Waals surface area (Å²) in [5.74, 6) is -0.908. The molecule has 0 radical (unpaired) electrons. The zero-order valence-corrected chi connectivity index (χ0v) is 16.4. The minimum absolute atomic E-state index is 0.0484. The van der Waals surface area contributed by atoms with Crippen molar-refractivity contribution in [1.82, 2.24) is 20.1 Å². The number of hydrogen-bond acceptors (Lipinski definition) is 9. The summed E-state index contributed by atoms with van der Waals surface area (Å²) in [5, 5.41) is 13.7. The van der Waals surface area contributed by atoms with Gasteiger partial charge in [-0.2, -0.15) is 18.2 Å². The third kappa shape index (κ3) is 5.80. The molecule has 0 aliphatic carbocycles. The van der Waals surface area contributed by atoms with Crippen molar-refractivity contribution in [3.63, 3.8) is 0 Å². The molecule has 0 aliphatic heterocycles. The van der Waals surface area contributed by atoms with Crippen LogP contribution in [0.25, 0.3) is 10.7 Å². The summed E-state index contributed by atoms with van der Waals surface area (Å²) >= 11 is 1.29. The Morgan fingerprint density at radius 3 is 2.87 bits per heavy atom. The zero-order chi connectivity index (χ0) is 21.6. The fourth-order valence-corrected chi connectivity index (χ4v) is 3.38. The van der Waals surface area contributed by atoms with Crippen molar-refractivity contribution in [3.8, 4) is 10.7 Å². The van der Waals surface area contributed by atoms with E-state index in [9.17, 15) is 13.2 Å². The molecule has 0 aliphatic rings. The summed E-state index contributed by atoms with van der Waals surface area (Å²) in [6.45, 7) is 1.95. The lowest BCUT2D eigenvalue weighted by atomic mass is 10.1. The highest BCUT2D eigenvalue weighted by Gasteiger charge is 2.38. The van der Waals surface area contributed by atoms with Gasteiger partial charge in [-0.05, 0) is 24.5 Å². The maximum atomic E-state index is 12.6. The molecule has 1 unspecified atom stereocenters. The number of aliphatic imine (C=N–C) groups is 1. The van der Waals surface area contributed by atoms with Crippen molar-refractivity contribution in [2.45, 2.75) is 19.5 Å². The van der Waals surface area contributed by atoms with Gasteiger partial charge in [0.2, 0.25) is 5.82 Å². The fraction of sp³-hybridized carbons (Fsp3) is 0.222. The molecule has 0 bridgehead atoms. The molecule has 30 heavy (non-hydrogen) atoms. The van der Waals surface area contributed by atoms with Gasteiger partial charge in [0.1, 0.15) is 5.82 Å². The molecule has 3 aromatic heterocycles. The van der Waals surface area contributed by atoms with Crippen LogP contribution in [-0.4, -0.2) is 32.5 Å². The van der Waals surface area contributed by atoms with Gasteiger partial charge in [0.05, 0.1) is 23.0 Å². The van der Waals surface area contributed by atoms with E-state index in [-0.39, 0.29) is 11.7 Å². The first-order chi connectivity index (χ1) is 14.3. The number of alkyl halides is 3. The van der Waals surface area contributed by atoms with E-state index in [0.717, 1.165) is 11.1 Å². The number of anilines is 1. The lowest BCUT2D eigenvalue weighted by molar-refractivity contribution is -0.159. The number of hydrogen-bond donors (Lipinski definition) is 2. The Labute approximate surface area is 173 Å². The van der Waals surface area contributed by atoms with Crippen LogP contribution in [0.5, 0.6) is 0 Å². The number of thiophene rings is 1. The van der Waals surface area contributed by atoms with Crippen molar-refractivity contribution in [2.75, 3.05) is 5.32 Å². The largest absolute Gasteiger partial charge is 0.471 e. The van der Waals surface area contributed by atoms with Gasteiger partial charge < -0.3 is 15.2 Å². The Hall–Kier alpha value is -3.41. The molecule has 1 atom stereocenters. The standard InChI is InChI=1S/C18H16F3N7OS/c1-11(8-24-9-12(7-22)26-15-10-23-4-5-25-15)6-13-2-3-14(30-13)16-27-17(29-28-16)18(19,20)21/h2-5,7-11,22H,6H2,1H3,(H,25,26)/b12-9+,22-7?,24-8?. The number of aromatic nitrogens is 4. The minimum atomic E-state index is -4.67. The minimum Gasteiger partial charge on any atom is -0.336 e. The Morgan fingerprint density at radius 1 is 1.37 bits per heavy atom. The summed E-state index contributed by atoms with van der Waals surface area (Å²) in [4.78, 5) is 17.0. The second-order valence-electron chi connectivity index (χ2n) is 6.11. The first-order valence-corrected chi connectivity index (χ1v) is 9.44. The van der Waals surface area contributed by atoms with Gasteiger partial charge in [0.15, 0.2) is 0 Å². The van der Waals surface area contributed by atoms with Crippen LogP contribution >= 0.6 is 11.3 Å². The highest BCUT2D eigenvalue weighted by atomic mass is 32.1. The monoisotopic (exact) mass is 435 g/mol. The molecular formula is C18H16F3N7OS. The van der Waals surface area contributed by atoms with Gasteiger partial charge in [-0.1, -0.05) is 12.1 Å². The molecule has 3 aromatic rings. The van der Waals surface area contributed by atoms with E-state index in [1.807, 2.05) is 13.0 Å². The van der Waals surface area contributed by atoms with Crippen LogP contribution in [-0.2, 0) is 12.6 Å². The van der Waals surface area contributed by atoms with Gasteiger partial charge in [-0.15, -0.1) is 11.3 Å². The molecule has 2 N–H and O–H groups in total. The quantitative estimate of drug-likeness (QED) is 0.505. The summed E-state index contributed by atoms with van der Waals surface area (Å²) in [6.07, 6.45) is 4.89. The Balaban J connectivity index is 1.59. The first-order valence-electron chi connectivity index (χ1n) is 8.62. The molecule has 3 heterocycles. The summed E-state index contributed by atoms with van der Waals surface area (Å²) in [6, 6.07) is 3.47. The molecule has 0 saturated heterocycles. The number of allylic oxidation sites excluding steroid dienone is 1. The number of rotatable bonds is 8. The molecular weight excluding hydrogens is 419 g/mol. The molecule has 12 heteroatoms. The van der Waals surface area contributed by atoms with Gasteiger partial charge in [-0.25, -0.2) is 4.98 Å². The number of nitrogens with zero attached hydrogens (tertiary/aromatic N) is 5. The first kappa shape index (κ1) is 21.3. The van der Waals surface area contributed by atoms with Crippen LogP contribution in [0.1, 0.15) is 17.7 Å². The molecule has 156 valence electrons. The topological polar surface area (TPSA) is 113 Å². The molecule has 0 spiro atoms. The molecule has 0 fully saturated rings. The van der Waals surface area contributed by atoms with Gasteiger partial charge in [0, 0.05) is 29.7 Å². The molecule has 0 saturated carbocycles. The third-order valence-corrected chi connectivity index (χ3v) is 4.72. The maximum Gasteiger partial charge on any atom is 0.471 e. The van der Waals surface area contributed by atoms with Crippen LogP contribution in [0.3, 0.4) is 0 Å². The summed E-state index contributed by atoms with van der Waals surface area (Å²) in [7, 11) is 0. The van der Waals surface area contributed by atoms with E-state index in [2.05, 4.69) is 34.9 Å². The van der Waals surface area contributed by atoms with Crippen LogP contribution in [0, 0.1) is 11.3 Å². The van der Waals surface area contributed by atoms with Crippen molar-refractivity contribution >= 4 is 29.6 Å². The van der Waals surface area contributed by atoms with Crippen molar-refractivity contribution < 1.29 is 17.7 Å². The van der Waals surface area contributed by atoms with E-state index in [0.29, 0.717) is 22.8 Å². The highest BCUT2D eigenvalue weighted by Crippen LogP contribution is 2.32. The summed E-state index contributed by atoms with van der Waals surface area (Å²) in [5.41, 5.74) is 0.440. The molecule has 0 aromatic carbocycles. The normalized spacial score (nSPS) is 13.5.